The molecule has 3 fully saturated rings. The zero-order valence-corrected chi connectivity index (χ0v) is 28.2. The van der Waals surface area contributed by atoms with E-state index in [0.29, 0.717) is 64.8 Å². The molecule has 50 heavy (non-hydrogen) atoms. The van der Waals surface area contributed by atoms with Gasteiger partial charge in [-0.3, -0.25) is 24.4 Å². The highest BCUT2D eigenvalue weighted by molar-refractivity contribution is 6.09. The van der Waals surface area contributed by atoms with Crippen LogP contribution in [-0.2, 0) is 27.2 Å². The number of ether oxygens (including phenoxy) is 4. The van der Waals surface area contributed by atoms with Crippen LogP contribution in [-0.4, -0.2) is 92.0 Å². The molecule has 1 aromatic heterocycles. The summed E-state index contributed by atoms with van der Waals surface area (Å²) in [5.74, 6) is 0.0377. The summed E-state index contributed by atoms with van der Waals surface area (Å²) in [4.78, 5) is 36.0. The van der Waals surface area contributed by atoms with Gasteiger partial charge in [0.1, 0.15) is 18.2 Å². The van der Waals surface area contributed by atoms with Gasteiger partial charge in [0, 0.05) is 69.3 Å². The van der Waals surface area contributed by atoms with Crippen LogP contribution in [0.2, 0.25) is 0 Å². The number of morpholine rings is 1. The topological polar surface area (TPSA) is 90.4 Å². The van der Waals surface area contributed by atoms with Crippen molar-refractivity contribution in [2.24, 2.45) is 5.41 Å². The smallest absolute Gasteiger partial charge is 0.166 e. The number of halogens is 2. The summed E-state index contributed by atoms with van der Waals surface area (Å²) in [5.41, 5.74) is 0.638. The SMILES string of the molecule is COc1cc2c(Oc3ccc(CC(=O)C4(C(=O)Cc5ccc(F)cc5)CCC4)cc3F)ccnc2cc1OCCN1CC(N2CCOCC2)C1. The Hall–Kier alpha value is -4.45. The van der Waals surface area contributed by atoms with E-state index in [0.717, 1.165) is 52.4 Å². The Balaban J connectivity index is 0.978. The van der Waals surface area contributed by atoms with Crippen molar-refractivity contribution >= 4 is 22.5 Å². The van der Waals surface area contributed by atoms with Gasteiger partial charge in [0.15, 0.2) is 34.6 Å². The lowest BCUT2D eigenvalue weighted by atomic mass is 9.61. The standard InChI is InChI=1S/C39H41F2N3O6/c1-47-35-22-30-32(23-36(35)49-18-13-43-24-29(25-43)44-14-16-48-17-15-44)42-12-9-33(30)50-34-8-5-27(19-31(34)41)21-38(46)39(10-2-11-39)37(45)20-26-3-6-28(40)7-4-26/h3-9,12,19,22-23,29H,2,10-11,13-18,20-21,24-25H2,1H3. The number of hydrogen-bond donors (Lipinski definition) is 0. The number of likely N-dealkylation sites (tertiary alicyclic amines) is 1. The van der Waals surface area contributed by atoms with E-state index in [1.807, 2.05) is 0 Å². The Morgan fingerprint density at radius 2 is 1.60 bits per heavy atom. The first kappa shape index (κ1) is 34.0. The molecule has 1 saturated carbocycles. The number of aromatic nitrogens is 1. The fraction of sp³-hybridized carbons (Fsp3) is 0.410. The molecule has 0 N–H and O–H groups in total. The predicted molar refractivity (Wildman–Crippen MR) is 183 cm³/mol. The van der Waals surface area contributed by atoms with Crippen LogP contribution < -0.4 is 14.2 Å². The molecule has 0 spiro atoms. The minimum atomic E-state index is -1.08. The molecule has 0 atom stereocenters. The molecule has 1 aliphatic carbocycles. The van der Waals surface area contributed by atoms with Crippen molar-refractivity contribution in [2.75, 3.05) is 59.7 Å². The van der Waals surface area contributed by atoms with Gasteiger partial charge in [-0.05, 0) is 60.4 Å². The van der Waals surface area contributed by atoms with Crippen LogP contribution in [0.1, 0.15) is 30.4 Å². The van der Waals surface area contributed by atoms with E-state index in [4.69, 9.17) is 18.9 Å². The first-order valence-electron chi connectivity index (χ1n) is 17.2. The van der Waals surface area contributed by atoms with E-state index in [2.05, 4.69) is 14.8 Å². The third kappa shape index (κ3) is 7.21. The van der Waals surface area contributed by atoms with Crippen molar-refractivity contribution in [2.45, 2.75) is 38.1 Å². The average molecular weight is 686 g/mol. The summed E-state index contributed by atoms with van der Waals surface area (Å²) in [7, 11) is 1.57. The molecule has 4 aromatic rings. The summed E-state index contributed by atoms with van der Waals surface area (Å²) < 4.78 is 52.0. The third-order valence-corrected chi connectivity index (χ3v) is 10.3. The van der Waals surface area contributed by atoms with Crippen molar-refractivity contribution in [3.05, 3.63) is 89.6 Å². The Morgan fingerprint density at radius 1 is 0.880 bits per heavy atom. The zero-order valence-electron chi connectivity index (χ0n) is 28.2. The van der Waals surface area contributed by atoms with Gasteiger partial charge in [-0.1, -0.05) is 24.6 Å². The number of carbonyl (C=O) groups excluding carboxylic acids is 2. The summed E-state index contributed by atoms with van der Waals surface area (Å²) >= 11 is 0. The molecule has 3 aliphatic rings. The maximum absolute atomic E-state index is 15.4. The summed E-state index contributed by atoms with van der Waals surface area (Å²) in [6.07, 6.45) is 3.28. The van der Waals surface area contributed by atoms with Crippen LogP contribution in [0.3, 0.4) is 0 Å². The predicted octanol–water partition coefficient (Wildman–Crippen LogP) is 5.80. The second-order valence-electron chi connectivity index (χ2n) is 13.4. The fourth-order valence-corrected chi connectivity index (χ4v) is 7.08. The van der Waals surface area contributed by atoms with Crippen molar-refractivity contribution in [3.63, 3.8) is 0 Å². The maximum Gasteiger partial charge on any atom is 0.166 e. The lowest BCUT2D eigenvalue weighted by molar-refractivity contribution is -0.145. The number of hydrogen-bond acceptors (Lipinski definition) is 9. The van der Waals surface area contributed by atoms with Gasteiger partial charge >= 0.3 is 0 Å². The van der Waals surface area contributed by atoms with Gasteiger partial charge in [-0.15, -0.1) is 0 Å². The number of nitrogens with zero attached hydrogens (tertiary/aromatic N) is 3. The highest BCUT2D eigenvalue weighted by Crippen LogP contribution is 2.44. The van der Waals surface area contributed by atoms with Crippen LogP contribution >= 0.6 is 0 Å². The summed E-state index contributed by atoms with van der Waals surface area (Å²) in [5, 5.41) is 0.623. The zero-order chi connectivity index (χ0) is 34.7. The Labute approximate surface area is 290 Å². The number of benzene rings is 3. The van der Waals surface area contributed by atoms with Crippen LogP contribution in [0.4, 0.5) is 8.78 Å². The van der Waals surface area contributed by atoms with Crippen molar-refractivity contribution < 1.29 is 37.3 Å². The highest BCUT2D eigenvalue weighted by Gasteiger charge is 2.49. The minimum Gasteiger partial charge on any atom is -0.493 e. The molecule has 0 unspecified atom stereocenters. The van der Waals surface area contributed by atoms with Gasteiger partial charge in [-0.25, -0.2) is 8.78 Å². The Morgan fingerprint density at radius 3 is 2.28 bits per heavy atom. The largest absolute Gasteiger partial charge is 0.493 e. The maximum atomic E-state index is 15.4. The first-order chi connectivity index (χ1) is 24.3. The van der Waals surface area contributed by atoms with E-state index < -0.39 is 11.2 Å². The Bertz CT molecular complexity index is 1850. The van der Waals surface area contributed by atoms with E-state index in [9.17, 15) is 14.0 Å². The van der Waals surface area contributed by atoms with Gasteiger partial charge in [0.05, 0.1) is 31.3 Å². The van der Waals surface area contributed by atoms with Gasteiger partial charge in [0.25, 0.3) is 0 Å². The minimum absolute atomic E-state index is 0.0105. The average Bonchev–Trinajstić information content (AvgIpc) is 3.07. The van der Waals surface area contributed by atoms with Crippen LogP contribution in [0.25, 0.3) is 10.9 Å². The van der Waals surface area contributed by atoms with E-state index in [-0.39, 0.29) is 36.0 Å². The number of fused-ring (bicyclic) bond motifs is 1. The summed E-state index contributed by atoms with van der Waals surface area (Å²) in [6, 6.07) is 15.9. The lowest BCUT2D eigenvalue weighted by Gasteiger charge is -2.46. The number of methoxy groups -OCH3 is 1. The fourth-order valence-electron chi connectivity index (χ4n) is 7.08. The van der Waals surface area contributed by atoms with E-state index in [1.54, 1.807) is 49.7 Å². The molecule has 2 saturated heterocycles. The molecule has 0 amide bonds. The van der Waals surface area contributed by atoms with E-state index >= 15 is 4.39 Å². The second kappa shape index (κ2) is 14.8. The molecule has 0 radical (unpaired) electrons. The Kier molecular flexibility index (Phi) is 10.1. The molecular formula is C39H41F2N3O6. The monoisotopic (exact) mass is 685 g/mol. The van der Waals surface area contributed by atoms with Crippen molar-refractivity contribution in [3.8, 4) is 23.0 Å². The quantitative estimate of drug-likeness (QED) is 0.153. The number of pyridine rings is 1. The van der Waals surface area contributed by atoms with Gasteiger partial charge in [-0.2, -0.15) is 0 Å². The molecule has 262 valence electrons. The lowest BCUT2D eigenvalue weighted by Crippen LogP contribution is -2.61. The second-order valence-corrected chi connectivity index (χ2v) is 13.4. The molecule has 0 bridgehead atoms. The van der Waals surface area contributed by atoms with Crippen LogP contribution in [0.5, 0.6) is 23.0 Å². The molecule has 7 rings (SSSR count). The number of rotatable bonds is 14. The molecular weight excluding hydrogens is 644 g/mol. The first-order valence-corrected chi connectivity index (χ1v) is 17.2. The van der Waals surface area contributed by atoms with E-state index in [1.165, 1.54) is 24.3 Å². The molecule has 11 heteroatoms. The highest BCUT2D eigenvalue weighted by atomic mass is 19.1. The van der Waals surface area contributed by atoms with Crippen LogP contribution in [0.15, 0.2) is 66.9 Å². The molecule has 9 nitrogen and oxygen atoms in total. The van der Waals surface area contributed by atoms with Crippen molar-refractivity contribution in [1.29, 1.82) is 0 Å². The number of Topliss-reactive ketones (excluding diaryl/α,β-unsaturated/α-hetero) is 2. The van der Waals surface area contributed by atoms with Crippen LogP contribution in [0, 0.1) is 17.0 Å². The number of ketones is 2. The normalized spacial score (nSPS) is 17.9. The molecule has 3 heterocycles. The van der Waals surface area contributed by atoms with Gasteiger partial charge in [0.2, 0.25) is 0 Å². The summed E-state index contributed by atoms with van der Waals surface area (Å²) in [6.45, 7) is 6.93. The molecule has 3 aromatic carbocycles. The molecule has 2 aliphatic heterocycles. The number of carbonyl (C=O) groups is 2. The van der Waals surface area contributed by atoms with Crippen molar-refractivity contribution in [1.82, 2.24) is 14.8 Å². The third-order valence-electron chi connectivity index (χ3n) is 10.3. The van der Waals surface area contributed by atoms with Gasteiger partial charge < -0.3 is 18.9 Å².